The smallest absolute Gasteiger partial charge is 0.408 e. The summed E-state index contributed by atoms with van der Waals surface area (Å²) in [6.45, 7) is 5.50. The molecule has 0 unspecified atom stereocenters. The molecule has 2 fully saturated rings. The molecular formula is C36H37FN6O7. The molecule has 6 rings (SSSR count). The van der Waals surface area contributed by atoms with E-state index in [1.165, 1.54) is 37.5 Å². The van der Waals surface area contributed by atoms with Crippen LogP contribution in [-0.2, 0) is 14.3 Å². The van der Waals surface area contributed by atoms with Crippen molar-refractivity contribution in [2.45, 2.75) is 57.6 Å². The third-order valence-electron chi connectivity index (χ3n) is 8.33. The van der Waals surface area contributed by atoms with Crippen LogP contribution in [0.5, 0.6) is 17.2 Å². The molecule has 4 amide bonds. The highest BCUT2D eigenvalue weighted by molar-refractivity contribution is 6.16. The fourth-order valence-electron chi connectivity index (χ4n) is 5.20. The molecule has 0 spiro atoms. The van der Waals surface area contributed by atoms with Crippen molar-refractivity contribution < 1.29 is 37.8 Å². The molecule has 260 valence electrons. The maximum Gasteiger partial charge on any atom is 0.408 e. The van der Waals surface area contributed by atoms with Gasteiger partial charge in [-0.2, -0.15) is 0 Å². The zero-order chi connectivity index (χ0) is 35.7. The Morgan fingerprint density at radius 2 is 1.60 bits per heavy atom. The van der Waals surface area contributed by atoms with Crippen molar-refractivity contribution in [1.82, 2.24) is 20.6 Å². The number of anilines is 2. The number of halogens is 1. The average molecular weight is 685 g/mol. The third kappa shape index (κ3) is 7.74. The second-order valence-corrected chi connectivity index (χ2v) is 13.4. The second kappa shape index (κ2) is 13.3. The summed E-state index contributed by atoms with van der Waals surface area (Å²) >= 11 is 0. The predicted octanol–water partition coefficient (Wildman–Crippen LogP) is 5.71. The van der Waals surface area contributed by atoms with E-state index in [4.69, 9.17) is 14.2 Å². The van der Waals surface area contributed by atoms with Gasteiger partial charge in [-0.3, -0.25) is 19.4 Å². The van der Waals surface area contributed by atoms with Gasteiger partial charge in [0.15, 0.2) is 0 Å². The van der Waals surface area contributed by atoms with E-state index in [2.05, 4.69) is 31.2 Å². The standard InChI is InChI=1S/C36H37FN6O7/c1-34(2,3)50-33(47)43-35(12-13-35)20-48-28-18-26-24(17-25(28)30(44)38-4)27(11-16-39-26)49-23-9-10-29(40-19-23)42-32(46)36(14-15-36)31(45)41-22-7-5-21(37)6-8-22/h5-11,16-19H,12-15,20H2,1-4H3,(H,38,44)(H,41,45)(H,43,47)(H,40,42,46). The zero-order valence-electron chi connectivity index (χ0n) is 28.0. The van der Waals surface area contributed by atoms with Gasteiger partial charge in [0.1, 0.15) is 46.5 Å². The highest BCUT2D eigenvalue weighted by atomic mass is 19.1. The van der Waals surface area contributed by atoms with Gasteiger partial charge < -0.3 is 35.5 Å². The summed E-state index contributed by atoms with van der Waals surface area (Å²) < 4.78 is 30.9. The van der Waals surface area contributed by atoms with Gasteiger partial charge in [0, 0.05) is 30.4 Å². The second-order valence-electron chi connectivity index (χ2n) is 13.4. The number of benzene rings is 2. The van der Waals surface area contributed by atoms with Gasteiger partial charge in [0.05, 0.1) is 22.8 Å². The van der Waals surface area contributed by atoms with Crippen LogP contribution in [0.1, 0.15) is 56.8 Å². The van der Waals surface area contributed by atoms with Crippen molar-refractivity contribution in [3.63, 3.8) is 0 Å². The monoisotopic (exact) mass is 684 g/mol. The van der Waals surface area contributed by atoms with Crippen LogP contribution in [0.3, 0.4) is 0 Å². The Morgan fingerprint density at radius 3 is 2.22 bits per heavy atom. The molecule has 2 aromatic carbocycles. The number of aromatic nitrogens is 2. The number of nitrogens with zero attached hydrogens (tertiary/aromatic N) is 2. The zero-order valence-corrected chi connectivity index (χ0v) is 28.0. The quantitative estimate of drug-likeness (QED) is 0.145. The summed E-state index contributed by atoms with van der Waals surface area (Å²) in [4.78, 5) is 60.0. The maximum atomic E-state index is 13.2. The van der Waals surface area contributed by atoms with Gasteiger partial charge in [-0.15, -0.1) is 0 Å². The number of hydrogen-bond donors (Lipinski definition) is 4. The lowest BCUT2D eigenvalue weighted by Gasteiger charge is -2.24. The van der Waals surface area contributed by atoms with E-state index in [0.717, 1.165) is 0 Å². The lowest BCUT2D eigenvalue weighted by Crippen LogP contribution is -2.44. The predicted molar refractivity (Wildman–Crippen MR) is 182 cm³/mol. The minimum Gasteiger partial charge on any atom is -0.490 e. The first-order valence-corrected chi connectivity index (χ1v) is 16.1. The largest absolute Gasteiger partial charge is 0.490 e. The van der Waals surface area contributed by atoms with E-state index in [1.54, 1.807) is 57.3 Å². The number of carbonyl (C=O) groups is 4. The highest BCUT2D eigenvalue weighted by Gasteiger charge is 2.56. The van der Waals surface area contributed by atoms with Crippen molar-refractivity contribution in [3.8, 4) is 17.2 Å². The van der Waals surface area contributed by atoms with Gasteiger partial charge in [0.2, 0.25) is 11.8 Å². The van der Waals surface area contributed by atoms with Crippen LogP contribution in [-0.4, -0.2) is 58.6 Å². The van der Waals surface area contributed by atoms with Gasteiger partial charge >= 0.3 is 6.09 Å². The molecule has 0 saturated heterocycles. The highest BCUT2D eigenvalue weighted by Crippen LogP contribution is 2.47. The first-order chi connectivity index (χ1) is 23.8. The Bertz CT molecular complexity index is 1950. The van der Waals surface area contributed by atoms with Crippen molar-refractivity contribution in [1.29, 1.82) is 0 Å². The molecule has 2 saturated carbocycles. The van der Waals surface area contributed by atoms with Gasteiger partial charge in [-0.25, -0.2) is 14.2 Å². The molecule has 14 heteroatoms. The molecule has 0 radical (unpaired) electrons. The van der Waals surface area contributed by atoms with E-state index in [1.807, 2.05) is 0 Å². The molecule has 4 N–H and O–H groups in total. The van der Waals surface area contributed by atoms with Crippen LogP contribution in [0.2, 0.25) is 0 Å². The lowest BCUT2D eigenvalue weighted by atomic mass is 10.0. The van der Waals surface area contributed by atoms with E-state index in [9.17, 15) is 23.6 Å². The fourth-order valence-corrected chi connectivity index (χ4v) is 5.20. The molecule has 2 aromatic heterocycles. The van der Waals surface area contributed by atoms with Crippen LogP contribution < -0.4 is 30.7 Å². The van der Waals surface area contributed by atoms with Crippen LogP contribution >= 0.6 is 0 Å². The molecule has 2 aliphatic rings. The van der Waals surface area contributed by atoms with Crippen LogP contribution in [0.15, 0.2) is 67.0 Å². The number of pyridine rings is 2. The van der Waals surface area contributed by atoms with Gasteiger partial charge in [0.25, 0.3) is 5.91 Å². The number of fused-ring (bicyclic) bond motifs is 1. The number of alkyl carbamates (subject to hydrolysis) is 1. The maximum absolute atomic E-state index is 13.2. The topological polar surface area (TPSA) is 170 Å². The average Bonchev–Trinajstić information content (AvgIpc) is 4.01. The third-order valence-corrected chi connectivity index (χ3v) is 8.33. The molecule has 2 heterocycles. The molecule has 0 atom stereocenters. The summed E-state index contributed by atoms with van der Waals surface area (Å²) in [5.41, 5.74) is -1.33. The number of rotatable bonds is 11. The molecule has 0 bridgehead atoms. The number of carbonyl (C=O) groups excluding carboxylic acids is 4. The Labute approximate surface area is 287 Å². The molecule has 2 aliphatic carbocycles. The van der Waals surface area contributed by atoms with Crippen LogP contribution in [0.25, 0.3) is 10.9 Å². The van der Waals surface area contributed by atoms with Gasteiger partial charge in [-0.05, 0) is 95.0 Å². The minimum absolute atomic E-state index is 0.131. The SMILES string of the molecule is CNC(=O)c1cc2c(Oc3ccc(NC(=O)C4(C(=O)Nc5ccc(F)cc5)CC4)nc3)ccnc2cc1OCC1(NC(=O)OC(C)(C)C)CC1. The summed E-state index contributed by atoms with van der Waals surface area (Å²) in [5, 5.41) is 11.4. The van der Waals surface area contributed by atoms with Crippen molar-refractivity contribution >= 4 is 46.2 Å². The molecule has 13 nitrogen and oxygen atoms in total. The Kier molecular flexibility index (Phi) is 9.04. The van der Waals surface area contributed by atoms with E-state index in [-0.39, 0.29) is 23.9 Å². The van der Waals surface area contributed by atoms with Gasteiger partial charge in [-0.1, -0.05) is 0 Å². The first-order valence-electron chi connectivity index (χ1n) is 16.1. The summed E-state index contributed by atoms with van der Waals surface area (Å²) in [5.74, 6) is -0.531. The minimum atomic E-state index is -1.24. The summed E-state index contributed by atoms with van der Waals surface area (Å²) in [7, 11) is 1.51. The van der Waals surface area contributed by atoms with E-state index in [0.29, 0.717) is 59.5 Å². The summed E-state index contributed by atoms with van der Waals surface area (Å²) in [6, 6.07) is 13.4. The normalized spacial score (nSPS) is 15.3. The molecule has 50 heavy (non-hydrogen) atoms. The molecule has 4 aromatic rings. The Hall–Kier alpha value is -5.79. The van der Waals surface area contributed by atoms with Crippen LogP contribution in [0, 0.1) is 11.2 Å². The number of hydrogen-bond acceptors (Lipinski definition) is 9. The lowest BCUT2D eigenvalue weighted by molar-refractivity contribution is -0.131. The van der Waals surface area contributed by atoms with Crippen LogP contribution in [0.4, 0.5) is 20.7 Å². The first kappa shape index (κ1) is 34.1. The summed E-state index contributed by atoms with van der Waals surface area (Å²) in [6.07, 6.45) is 4.60. The fraction of sp³-hybridized carbons (Fsp3) is 0.333. The van der Waals surface area contributed by atoms with Crippen molar-refractivity contribution in [3.05, 3.63) is 78.4 Å². The number of amides is 4. The Morgan fingerprint density at radius 1 is 0.880 bits per heavy atom. The number of ether oxygens (including phenoxy) is 3. The van der Waals surface area contributed by atoms with E-state index >= 15 is 0 Å². The van der Waals surface area contributed by atoms with E-state index < -0.39 is 40.3 Å². The Balaban J connectivity index is 1.13. The van der Waals surface area contributed by atoms with Crippen molar-refractivity contribution in [2.24, 2.45) is 5.41 Å². The number of nitrogens with one attached hydrogen (secondary N) is 4. The molecular weight excluding hydrogens is 647 g/mol. The van der Waals surface area contributed by atoms with Crippen molar-refractivity contribution in [2.75, 3.05) is 24.3 Å². The molecule has 0 aliphatic heterocycles.